The van der Waals surface area contributed by atoms with Crippen molar-refractivity contribution in [3.63, 3.8) is 0 Å². The highest BCUT2D eigenvalue weighted by molar-refractivity contribution is 6.33. The van der Waals surface area contributed by atoms with Gasteiger partial charge in [0.05, 0.1) is 16.6 Å². The number of hydrogen-bond acceptors (Lipinski definition) is 4. The quantitative estimate of drug-likeness (QED) is 0.674. The first-order chi connectivity index (χ1) is 10.0. The van der Waals surface area contributed by atoms with Crippen molar-refractivity contribution < 1.29 is 4.92 Å². The van der Waals surface area contributed by atoms with E-state index in [0.29, 0.717) is 11.3 Å². The average molecular weight is 302 g/mol. The largest absolute Gasteiger partial charge is 0.373 e. The summed E-state index contributed by atoms with van der Waals surface area (Å²) < 4.78 is 0. The number of nitrogens with one attached hydrogen (secondary N) is 1. The summed E-state index contributed by atoms with van der Waals surface area (Å²) in [6.07, 6.45) is 0. The Labute approximate surface area is 126 Å². The highest BCUT2D eigenvalue weighted by atomic mass is 35.5. The molecular formula is C15H12ClN3O2. The minimum absolute atomic E-state index is 0.0945. The highest BCUT2D eigenvalue weighted by Crippen LogP contribution is 2.34. The fraction of sp³-hybridized carbons (Fsp3) is 0.133. The van der Waals surface area contributed by atoms with Gasteiger partial charge in [-0.05, 0) is 36.8 Å². The second-order valence-electron chi connectivity index (χ2n) is 4.49. The first-order valence-electron chi connectivity index (χ1n) is 6.22. The Balaban J connectivity index is 2.27. The summed E-state index contributed by atoms with van der Waals surface area (Å²) in [5.41, 5.74) is 1.71. The minimum atomic E-state index is -0.504. The molecule has 0 heterocycles. The van der Waals surface area contributed by atoms with Crippen molar-refractivity contribution in [2.45, 2.75) is 13.0 Å². The third-order valence-electron chi connectivity index (χ3n) is 3.08. The molecule has 2 aromatic carbocycles. The number of nitro groups is 1. The number of hydrogen-bond donors (Lipinski definition) is 1. The predicted octanol–water partition coefficient (Wildman–Crippen LogP) is 4.29. The van der Waals surface area contributed by atoms with Crippen LogP contribution in [0.1, 0.15) is 24.1 Å². The van der Waals surface area contributed by atoms with Gasteiger partial charge in [-0.25, -0.2) is 0 Å². The summed E-state index contributed by atoms with van der Waals surface area (Å²) in [4.78, 5) is 10.6. The van der Waals surface area contributed by atoms with E-state index in [0.717, 1.165) is 5.56 Å². The van der Waals surface area contributed by atoms with Gasteiger partial charge in [-0.2, -0.15) is 5.26 Å². The fourth-order valence-corrected chi connectivity index (χ4v) is 2.22. The summed E-state index contributed by atoms with van der Waals surface area (Å²) >= 11 is 5.88. The van der Waals surface area contributed by atoms with Crippen LogP contribution in [0.5, 0.6) is 0 Å². The molecule has 0 fully saturated rings. The van der Waals surface area contributed by atoms with Crippen molar-refractivity contribution in [1.82, 2.24) is 0 Å². The average Bonchev–Trinajstić information content (AvgIpc) is 2.47. The van der Waals surface area contributed by atoms with Crippen LogP contribution in [0.4, 0.5) is 11.4 Å². The number of halogens is 1. The molecule has 0 radical (unpaired) electrons. The van der Waals surface area contributed by atoms with E-state index in [-0.39, 0.29) is 16.8 Å². The molecule has 21 heavy (non-hydrogen) atoms. The number of nitro benzene ring substituents is 1. The summed E-state index contributed by atoms with van der Waals surface area (Å²) in [7, 11) is 0. The Bertz CT molecular complexity index is 708. The lowest BCUT2D eigenvalue weighted by atomic mass is 10.1. The van der Waals surface area contributed by atoms with Crippen molar-refractivity contribution in [3.8, 4) is 6.07 Å². The molecule has 0 aromatic heterocycles. The molecule has 0 aliphatic heterocycles. The van der Waals surface area contributed by atoms with Crippen LogP contribution in [0.3, 0.4) is 0 Å². The second kappa shape index (κ2) is 6.25. The standard InChI is InChI=1S/C15H12ClN3O2/c1-10(12-7-5-11(9-17)6-8-12)18-14-4-2-3-13(16)15(14)19(20)21/h2-8,10,18H,1H3. The van der Waals surface area contributed by atoms with Crippen molar-refractivity contribution in [2.24, 2.45) is 0 Å². The topological polar surface area (TPSA) is 79.0 Å². The molecule has 0 aliphatic carbocycles. The van der Waals surface area contributed by atoms with Gasteiger partial charge in [0.25, 0.3) is 0 Å². The summed E-state index contributed by atoms with van der Waals surface area (Å²) in [5.74, 6) is 0. The van der Waals surface area contributed by atoms with Crippen LogP contribution < -0.4 is 5.32 Å². The molecule has 5 nitrogen and oxygen atoms in total. The molecule has 0 aliphatic rings. The van der Waals surface area contributed by atoms with Crippen molar-refractivity contribution in [2.75, 3.05) is 5.32 Å². The van der Waals surface area contributed by atoms with E-state index in [1.54, 1.807) is 24.3 Å². The molecule has 1 unspecified atom stereocenters. The SMILES string of the molecule is CC(Nc1cccc(Cl)c1[N+](=O)[O-])c1ccc(C#N)cc1. The monoisotopic (exact) mass is 301 g/mol. The van der Waals surface area contributed by atoms with Crippen LogP contribution >= 0.6 is 11.6 Å². The maximum atomic E-state index is 11.1. The number of rotatable bonds is 4. The molecular weight excluding hydrogens is 290 g/mol. The van der Waals surface area contributed by atoms with Crippen LogP contribution in [0.15, 0.2) is 42.5 Å². The van der Waals surface area contributed by atoms with E-state index >= 15 is 0 Å². The number of benzene rings is 2. The zero-order valence-electron chi connectivity index (χ0n) is 11.2. The Morgan fingerprint density at radius 2 is 1.95 bits per heavy atom. The lowest BCUT2D eigenvalue weighted by Crippen LogP contribution is -2.08. The maximum absolute atomic E-state index is 11.1. The molecule has 2 rings (SSSR count). The minimum Gasteiger partial charge on any atom is -0.373 e. The summed E-state index contributed by atoms with van der Waals surface area (Å²) in [6, 6.07) is 13.7. The van der Waals surface area contributed by atoms with Gasteiger partial charge in [-0.15, -0.1) is 0 Å². The number of nitrogens with zero attached hydrogens (tertiary/aromatic N) is 2. The Hall–Kier alpha value is -2.58. The molecule has 106 valence electrons. The van der Waals surface area contributed by atoms with Crippen molar-refractivity contribution in [1.29, 1.82) is 5.26 Å². The first kappa shape index (κ1) is 14.8. The highest BCUT2D eigenvalue weighted by Gasteiger charge is 2.19. The first-order valence-corrected chi connectivity index (χ1v) is 6.60. The van der Waals surface area contributed by atoms with Crippen LogP contribution in [0.2, 0.25) is 5.02 Å². The number of para-hydroxylation sites is 1. The van der Waals surface area contributed by atoms with Gasteiger partial charge in [-0.3, -0.25) is 10.1 Å². The number of anilines is 1. The van der Waals surface area contributed by atoms with Gasteiger partial charge in [0.1, 0.15) is 10.7 Å². The van der Waals surface area contributed by atoms with E-state index < -0.39 is 4.92 Å². The Morgan fingerprint density at radius 3 is 2.52 bits per heavy atom. The smallest absolute Gasteiger partial charge is 0.310 e. The Kier molecular flexibility index (Phi) is 4.41. The lowest BCUT2D eigenvalue weighted by Gasteiger charge is -2.16. The summed E-state index contributed by atoms with van der Waals surface area (Å²) in [5, 5.41) is 23.0. The zero-order chi connectivity index (χ0) is 15.4. The predicted molar refractivity (Wildman–Crippen MR) is 81.3 cm³/mol. The molecule has 1 N–H and O–H groups in total. The third kappa shape index (κ3) is 3.30. The van der Waals surface area contributed by atoms with E-state index in [4.69, 9.17) is 16.9 Å². The van der Waals surface area contributed by atoms with E-state index in [2.05, 4.69) is 5.32 Å². The second-order valence-corrected chi connectivity index (χ2v) is 4.90. The maximum Gasteiger partial charge on any atom is 0.310 e. The van der Waals surface area contributed by atoms with Crippen LogP contribution in [-0.4, -0.2) is 4.92 Å². The van der Waals surface area contributed by atoms with Crippen molar-refractivity contribution >= 4 is 23.0 Å². The third-order valence-corrected chi connectivity index (χ3v) is 3.39. The van der Waals surface area contributed by atoms with Gasteiger partial charge in [0.15, 0.2) is 0 Å². The zero-order valence-corrected chi connectivity index (χ0v) is 12.0. The van der Waals surface area contributed by atoms with Gasteiger partial charge >= 0.3 is 5.69 Å². The van der Waals surface area contributed by atoms with Crippen LogP contribution in [-0.2, 0) is 0 Å². The molecule has 6 heteroatoms. The molecule has 2 aromatic rings. The van der Waals surface area contributed by atoms with Gasteiger partial charge < -0.3 is 5.32 Å². The van der Waals surface area contributed by atoms with Gasteiger partial charge in [-0.1, -0.05) is 29.8 Å². The molecule has 0 saturated heterocycles. The van der Waals surface area contributed by atoms with E-state index in [1.807, 2.05) is 25.1 Å². The normalized spacial score (nSPS) is 11.5. The van der Waals surface area contributed by atoms with Gasteiger partial charge in [0, 0.05) is 6.04 Å². The van der Waals surface area contributed by atoms with E-state index in [9.17, 15) is 10.1 Å². The fourth-order valence-electron chi connectivity index (χ4n) is 1.98. The summed E-state index contributed by atoms with van der Waals surface area (Å²) in [6.45, 7) is 1.88. The molecule has 0 bridgehead atoms. The Morgan fingerprint density at radius 1 is 1.29 bits per heavy atom. The van der Waals surface area contributed by atoms with Crippen LogP contribution in [0.25, 0.3) is 0 Å². The van der Waals surface area contributed by atoms with Crippen molar-refractivity contribution in [3.05, 3.63) is 68.7 Å². The molecule has 1 atom stereocenters. The lowest BCUT2D eigenvalue weighted by molar-refractivity contribution is -0.383. The molecule has 0 spiro atoms. The molecule has 0 saturated carbocycles. The van der Waals surface area contributed by atoms with E-state index in [1.165, 1.54) is 6.07 Å². The van der Waals surface area contributed by atoms with Crippen LogP contribution in [0, 0.1) is 21.4 Å². The number of nitriles is 1. The van der Waals surface area contributed by atoms with Gasteiger partial charge in [0.2, 0.25) is 0 Å². The molecule has 0 amide bonds.